The van der Waals surface area contributed by atoms with E-state index in [9.17, 15) is 14.4 Å². The summed E-state index contributed by atoms with van der Waals surface area (Å²) in [5, 5.41) is 0.904. The maximum Gasteiger partial charge on any atom is 0.310 e. The van der Waals surface area contributed by atoms with Crippen LogP contribution in [0, 0.1) is 5.92 Å². The van der Waals surface area contributed by atoms with Crippen LogP contribution in [-0.2, 0) is 14.3 Å². The molecular formula is C21H24ClN3O4. The van der Waals surface area contributed by atoms with E-state index < -0.39 is 0 Å². The Labute approximate surface area is 174 Å². The van der Waals surface area contributed by atoms with Crippen LogP contribution in [-0.4, -0.2) is 65.9 Å². The number of hydrogen-bond donors (Lipinski definition) is 0. The van der Waals surface area contributed by atoms with Crippen LogP contribution in [0.4, 0.5) is 0 Å². The van der Waals surface area contributed by atoms with Crippen LogP contribution in [0.25, 0.3) is 10.9 Å². The van der Waals surface area contributed by atoms with Crippen LogP contribution in [0.3, 0.4) is 0 Å². The Morgan fingerprint density at radius 3 is 2.83 bits per heavy atom. The molecule has 1 aliphatic rings. The molecule has 7 nitrogen and oxygen atoms in total. The number of likely N-dealkylation sites (tertiary alicyclic amines) is 1. The molecule has 1 unspecified atom stereocenters. The van der Waals surface area contributed by atoms with Crippen molar-refractivity contribution in [1.82, 2.24) is 14.8 Å². The van der Waals surface area contributed by atoms with Gasteiger partial charge in [-0.1, -0.05) is 29.8 Å². The van der Waals surface area contributed by atoms with E-state index in [0.29, 0.717) is 42.6 Å². The molecule has 0 radical (unpaired) electrons. The van der Waals surface area contributed by atoms with Gasteiger partial charge in [-0.2, -0.15) is 0 Å². The summed E-state index contributed by atoms with van der Waals surface area (Å²) in [4.78, 5) is 44.9. The number of fused-ring (bicyclic) bond motifs is 1. The lowest BCUT2D eigenvalue weighted by atomic mass is 9.98. The van der Waals surface area contributed by atoms with Crippen molar-refractivity contribution >= 4 is 40.3 Å². The monoisotopic (exact) mass is 417 g/mol. The standard InChI is InChI=1S/C21H24ClN3O4/c1-3-29-21(28)14-7-6-10-25(12-14)19(26)13-24(2)20(27)16-11-18(22)23-17-9-5-4-8-15(16)17/h4-5,8-9,11,14H,3,6-7,10,12-13H2,1-2H3. The number of halogens is 1. The van der Waals surface area contributed by atoms with E-state index in [1.807, 2.05) is 12.1 Å². The van der Waals surface area contributed by atoms with Gasteiger partial charge in [0.2, 0.25) is 5.91 Å². The van der Waals surface area contributed by atoms with Gasteiger partial charge in [0.1, 0.15) is 5.15 Å². The molecule has 0 saturated carbocycles. The van der Waals surface area contributed by atoms with Crippen molar-refractivity contribution in [3.05, 3.63) is 41.0 Å². The highest BCUT2D eigenvalue weighted by Gasteiger charge is 2.30. The molecule has 2 heterocycles. The summed E-state index contributed by atoms with van der Waals surface area (Å²) >= 11 is 6.07. The van der Waals surface area contributed by atoms with Crippen molar-refractivity contribution < 1.29 is 19.1 Å². The number of piperidine rings is 1. The lowest BCUT2D eigenvalue weighted by Crippen LogP contribution is -2.47. The van der Waals surface area contributed by atoms with Crippen LogP contribution >= 0.6 is 11.6 Å². The predicted octanol–water partition coefficient (Wildman–Crippen LogP) is 2.76. The Kier molecular flexibility index (Phi) is 6.69. The number of aromatic nitrogens is 1. The topological polar surface area (TPSA) is 79.8 Å². The number of rotatable bonds is 5. The number of carbonyl (C=O) groups is 3. The molecular weight excluding hydrogens is 394 g/mol. The van der Waals surface area contributed by atoms with Gasteiger partial charge in [-0.15, -0.1) is 0 Å². The number of nitrogens with zero attached hydrogens (tertiary/aromatic N) is 3. The van der Waals surface area contributed by atoms with Crippen LogP contribution in [0.5, 0.6) is 0 Å². The van der Waals surface area contributed by atoms with Crippen LogP contribution < -0.4 is 0 Å². The number of carbonyl (C=O) groups excluding carboxylic acids is 3. The largest absolute Gasteiger partial charge is 0.466 e. The quantitative estimate of drug-likeness (QED) is 0.552. The Hall–Kier alpha value is -2.67. The number of benzene rings is 1. The fourth-order valence-electron chi connectivity index (χ4n) is 3.56. The minimum Gasteiger partial charge on any atom is -0.466 e. The van der Waals surface area contributed by atoms with E-state index >= 15 is 0 Å². The summed E-state index contributed by atoms with van der Waals surface area (Å²) in [6, 6.07) is 8.75. The van der Waals surface area contributed by atoms with E-state index in [1.165, 1.54) is 11.0 Å². The van der Waals surface area contributed by atoms with Crippen LogP contribution in [0.1, 0.15) is 30.1 Å². The Morgan fingerprint density at radius 2 is 2.07 bits per heavy atom. The molecule has 1 fully saturated rings. The van der Waals surface area contributed by atoms with E-state index in [-0.39, 0.29) is 35.4 Å². The lowest BCUT2D eigenvalue weighted by molar-refractivity contribution is -0.151. The number of pyridine rings is 1. The molecule has 8 heteroatoms. The minimum atomic E-state index is -0.309. The second-order valence-electron chi connectivity index (χ2n) is 7.10. The maximum atomic E-state index is 13.0. The zero-order chi connectivity index (χ0) is 21.0. The normalized spacial score (nSPS) is 16.5. The molecule has 2 amide bonds. The second-order valence-corrected chi connectivity index (χ2v) is 7.49. The summed E-state index contributed by atoms with van der Waals surface area (Å²) < 4.78 is 5.08. The molecule has 0 aliphatic carbocycles. The molecule has 0 N–H and O–H groups in total. The first-order chi connectivity index (χ1) is 13.9. The highest BCUT2D eigenvalue weighted by atomic mass is 35.5. The van der Waals surface area contributed by atoms with Crippen LogP contribution in [0.2, 0.25) is 5.15 Å². The molecule has 1 saturated heterocycles. The molecule has 0 bridgehead atoms. The van der Waals surface area contributed by atoms with Gasteiger partial charge < -0.3 is 14.5 Å². The van der Waals surface area contributed by atoms with Gasteiger partial charge in [-0.25, -0.2) is 4.98 Å². The average Bonchev–Trinajstić information content (AvgIpc) is 2.72. The van der Waals surface area contributed by atoms with Gasteiger partial charge in [0, 0.05) is 25.5 Å². The molecule has 1 atom stereocenters. The highest BCUT2D eigenvalue weighted by Crippen LogP contribution is 2.22. The van der Waals surface area contributed by atoms with E-state index in [1.54, 1.807) is 31.0 Å². The van der Waals surface area contributed by atoms with Crippen molar-refractivity contribution in [2.45, 2.75) is 19.8 Å². The van der Waals surface area contributed by atoms with E-state index in [4.69, 9.17) is 16.3 Å². The average molecular weight is 418 g/mol. The molecule has 1 aliphatic heterocycles. The maximum absolute atomic E-state index is 13.0. The fourth-order valence-corrected chi connectivity index (χ4v) is 3.76. The molecule has 154 valence electrons. The Bertz CT molecular complexity index is 933. The summed E-state index contributed by atoms with van der Waals surface area (Å²) in [7, 11) is 1.58. The van der Waals surface area contributed by atoms with Crippen molar-refractivity contribution in [2.24, 2.45) is 5.92 Å². The Balaban J connectivity index is 1.70. The highest BCUT2D eigenvalue weighted by molar-refractivity contribution is 6.30. The van der Waals surface area contributed by atoms with Gasteiger partial charge in [-0.05, 0) is 31.9 Å². The minimum absolute atomic E-state index is 0.0807. The SMILES string of the molecule is CCOC(=O)C1CCCN(C(=O)CN(C)C(=O)c2cc(Cl)nc3ccccc23)C1. The van der Waals surface area contributed by atoms with Gasteiger partial charge in [0.25, 0.3) is 5.91 Å². The summed E-state index contributed by atoms with van der Waals surface area (Å²) in [5.74, 6) is -1.08. The summed E-state index contributed by atoms with van der Waals surface area (Å²) in [5.41, 5.74) is 1.02. The first kappa shape index (κ1) is 21.0. The zero-order valence-electron chi connectivity index (χ0n) is 16.6. The molecule has 0 spiro atoms. The third kappa shape index (κ3) is 4.85. The second kappa shape index (κ2) is 9.22. The molecule has 29 heavy (non-hydrogen) atoms. The first-order valence-corrected chi connectivity index (χ1v) is 10.0. The van der Waals surface area contributed by atoms with Crippen molar-refractivity contribution in [3.63, 3.8) is 0 Å². The number of ether oxygens (including phenoxy) is 1. The zero-order valence-corrected chi connectivity index (χ0v) is 17.3. The molecule has 1 aromatic carbocycles. The first-order valence-electron chi connectivity index (χ1n) is 9.66. The predicted molar refractivity (Wildman–Crippen MR) is 110 cm³/mol. The molecule has 3 rings (SSSR count). The molecule has 1 aromatic heterocycles. The third-order valence-electron chi connectivity index (χ3n) is 5.03. The number of amides is 2. The number of esters is 1. The van der Waals surface area contributed by atoms with Gasteiger partial charge in [0.05, 0.1) is 30.1 Å². The third-order valence-corrected chi connectivity index (χ3v) is 5.22. The lowest BCUT2D eigenvalue weighted by Gasteiger charge is -2.32. The van der Waals surface area contributed by atoms with Crippen LogP contribution in [0.15, 0.2) is 30.3 Å². The van der Waals surface area contributed by atoms with E-state index in [0.717, 1.165) is 6.42 Å². The van der Waals surface area contributed by atoms with Crippen molar-refractivity contribution in [2.75, 3.05) is 33.3 Å². The summed E-state index contributed by atoms with van der Waals surface area (Å²) in [6.07, 6.45) is 1.44. The van der Waals surface area contributed by atoms with Gasteiger partial charge >= 0.3 is 5.97 Å². The Morgan fingerprint density at radius 1 is 1.31 bits per heavy atom. The van der Waals surface area contributed by atoms with Gasteiger partial charge in [-0.3, -0.25) is 14.4 Å². The number of likely N-dealkylation sites (N-methyl/N-ethyl adjacent to an activating group) is 1. The van der Waals surface area contributed by atoms with Gasteiger partial charge in [0.15, 0.2) is 0 Å². The number of hydrogen-bond acceptors (Lipinski definition) is 5. The van der Waals surface area contributed by atoms with Crippen molar-refractivity contribution in [3.8, 4) is 0 Å². The fraction of sp³-hybridized carbons (Fsp3) is 0.429. The van der Waals surface area contributed by atoms with Crippen molar-refractivity contribution in [1.29, 1.82) is 0 Å². The molecule has 2 aromatic rings. The summed E-state index contributed by atoms with van der Waals surface area (Å²) in [6.45, 7) is 2.90. The van der Waals surface area contributed by atoms with E-state index in [2.05, 4.69) is 4.98 Å². The smallest absolute Gasteiger partial charge is 0.310 e. The number of para-hydroxylation sites is 1.